The molecule has 8 heteroatoms. The van der Waals surface area contributed by atoms with Crippen LogP contribution in [0.4, 0.5) is 0 Å². The van der Waals surface area contributed by atoms with Crippen molar-refractivity contribution < 1.29 is 19.7 Å². The number of nitrogens with one attached hydrogen (secondary N) is 1. The molecule has 5 fully saturated rings. The number of carbonyl (C=O) groups is 1. The summed E-state index contributed by atoms with van der Waals surface area (Å²) in [4.78, 5) is 15.7. The van der Waals surface area contributed by atoms with Crippen molar-refractivity contribution in [1.82, 2.24) is 20.0 Å². The molecule has 0 radical (unpaired) electrons. The number of likely N-dealkylation sites (tertiary alicyclic amines) is 1. The molecule has 4 aliphatic carbocycles. The highest BCUT2D eigenvalue weighted by Crippen LogP contribution is 2.55. The van der Waals surface area contributed by atoms with Crippen LogP contribution in [0, 0.1) is 23.7 Å². The molecule has 1 aromatic heterocycles. The number of aliphatic hydroxyl groups is 2. The molecule has 0 spiro atoms. The second-order valence-corrected chi connectivity index (χ2v) is 11.6. The van der Waals surface area contributed by atoms with Gasteiger partial charge in [0.15, 0.2) is 0 Å². The minimum Gasteiger partial charge on any atom is -0.477 e. The molecular formula is C25H40N4O4. The zero-order chi connectivity index (χ0) is 23.2. The normalized spacial score (nSPS) is 34.2. The molecule has 1 amide bonds. The topological polar surface area (TPSA) is 99.8 Å². The molecule has 2 atom stereocenters. The fraction of sp³-hybridized carbons (Fsp3) is 0.840. The van der Waals surface area contributed by atoms with Gasteiger partial charge in [0, 0.05) is 25.7 Å². The number of piperidine rings is 1. The number of hydrogen-bond donors (Lipinski definition) is 3. The lowest BCUT2D eigenvalue weighted by atomic mass is 9.52. The summed E-state index contributed by atoms with van der Waals surface area (Å²) in [6.45, 7) is 7.97. The second kappa shape index (κ2) is 9.19. The van der Waals surface area contributed by atoms with Crippen LogP contribution in [-0.4, -0.2) is 74.8 Å². The Morgan fingerprint density at radius 2 is 1.91 bits per heavy atom. The molecule has 4 saturated carbocycles. The highest BCUT2D eigenvalue weighted by Gasteiger charge is 2.55. The van der Waals surface area contributed by atoms with Gasteiger partial charge in [-0.2, -0.15) is 5.10 Å². The molecule has 2 unspecified atom stereocenters. The maximum absolute atomic E-state index is 13.4. The first-order valence-corrected chi connectivity index (χ1v) is 12.9. The molecular weight excluding hydrogens is 420 g/mol. The van der Waals surface area contributed by atoms with Gasteiger partial charge in [0.05, 0.1) is 31.1 Å². The van der Waals surface area contributed by atoms with E-state index in [1.807, 2.05) is 4.68 Å². The van der Waals surface area contributed by atoms with Gasteiger partial charge in [-0.3, -0.25) is 4.79 Å². The summed E-state index contributed by atoms with van der Waals surface area (Å²) in [7, 11) is 0. The Morgan fingerprint density at radius 3 is 2.55 bits per heavy atom. The maximum atomic E-state index is 13.4. The zero-order valence-electron chi connectivity index (χ0n) is 20.1. The number of aromatic nitrogens is 2. The van der Waals surface area contributed by atoms with Crippen LogP contribution in [0.15, 0.2) is 6.20 Å². The van der Waals surface area contributed by atoms with E-state index >= 15 is 0 Å². The number of carbonyl (C=O) groups excluding carboxylic acids is 1. The summed E-state index contributed by atoms with van der Waals surface area (Å²) in [5.41, 5.74) is 0.00998. The lowest BCUT2D eigenvalue weighted by molar-refractivity contribution is -0.136. The molecule has 4 bridgehead atoms. The quantitative estimate of drug-likeness (QED) is 0.549. The molecule has 6 rings (SSSR count). The predicted octanol–water partition coefficient (Wildman–Crippen LogP) is 2.04. The van der Waals surface area contributed by atoms with E-state index in [1.54, 1.807) is 6.20 Å². The Bertz CT molecular complexity index is 831. The monoisotopic (exact) mass is 460 g/mol. The summed E-state index contributed by atoms with van der Waals surface area (Å²) in [5.74, 6) is 2.15. The highest BCUT2D eigenvalue weighted by atomic mass is 16.5. The third-order valence-corrected chi connectivity index (χ3v) is 8.31. The van der Waals surface area contributed by atoms with E-state index in [1.165, 1.54) is 0 Å². The van der Waals surface area contributed by atoms with Crippen LogP contribution in [0.5, 0.6) is 5.88 Å². The molecule has 8 nitrogen and oxygen atoms in total. The van der Waals surface area contributed by atoms with Crippen molar-refractivity contribution in [2.24, 2.45) is 23.7 Å². The summed E-state index contributed by atoms with van der Waals surface area (Å²) in [6.07, 6.45) is 7.88. The van der Waals surface area contributed by atoms with Gasteiger partial charge in [-0.25, -0.2) is 4.68 Å². The fourth-order valence-electron chi connectivity index (χ4n) is 6.91. The SMILES string of the molecule is CC(C)COc1c(C(=O)NC2C3CC4CC2CC(O)(C4)C3)cnn1CCN1CCC(O)CC1. The van der Waals surface area contributed by atoms with Crippen molar-refractivity contribution in [2.45, 2.75) is 83.1 Å². The first-order chi connectivity index (χ1) is 15.8. The molecule has 0 aromatic carbocycles. The van der Waals surface area contributed by atoms with Crippen molar-refractivity contribution in [3.05, 3.63) is 11.8 Å². The van der Waals surface area contributed by atoms with E-state index in [2.05, 4.69) is 29.2 Å². The minimum absolute atomic E-state index is 0.106. The highest BCUT2D eigenvalue weighted by molar-refractivity contribution is 5.96. The van der Waals surface area contributed by atoms with Crippen LogP contribution < -0.4 is 10.1 Å². The predicted molar refractivity (Wildman–Crippen MR) is 124 cm³/mol. The van der Waals surface area contributed by atoms with E-state index in [0.717, 1.165) is 64.6 Å². The summed E-state index contributed by atoms with van der Waals surface area (Å²) < 4.78 is 7.93. The number of hydrogen-bond acceptors (Lipinski definition) is 6. The molecule has 184 valence electrons. The number of aliphatic hydroxyl groups excluding tert-OH is 1. The van der Waals surface area contributed by atoms with Crippen molar-refractivity contribution in [3.63, 3.8) is 0 Å². The summed E-state index contributed by atoms with van der Waals surface area (Å²) >= 11 is 0. The van der Waals surface area contributed by atoms with Crippen molar-refractivity contribution >= 4 is 5.91 Å². The lowest BCUT2D eigenvalue weighted by Crippen LogP contribution is -2.61. The van der Waals surface area contributed by atoms with Crippen LogP contribution in [-0.2, 0) is 6.54 Å². The minimum atomic E-state index is -0.501. The number of rotatable bonds is 8. The van der Waals surface area contributed by atoms with Gasteiger partial charge in [0.25, 0.3) is 5.91 Å². The lowest BCUT2D eigenvalue weighted by Gasteiger charge is -2.58. The Hall–Kier alpha value is -1.64. The van der Waals surface area contributed by atoms with Gasteiger partial charge in [-0.05, 0) is 68.6 Å². The summed E-state index contributed by atoms with van der Waals surface area (Å²) in [6, 6.07) is 0.135. The van der Waals surface area contributed by atoms with Gasteiger partial charge < -0.3 is 25.2 Å². The Labute approximate surface area is 196 Å². The van der Waals surface area contributed by atoms with Gasteiger partial charge in [0.2, 0.25) is 5.88 Å². The van der Waals surface area contributed by atoms with Crippen LogP contribution >= 0.6 is 0 Å². The molecule has 33 heavy (non-hydrogen) atoms. The van der Waals surface area contributed by atoms with Crippen LogP contribution in [0.3, 0.4) is 0 Å². The molecule has 1 aliphatic heterocycles. The van der Waals surface area contributed by atoms with Gasteiger partial charge in [0.1, 0.15) is 5.56 Å². The molecule has 5 aliphatic rings. The Kier molecular flexibility index (Phi) is 6.44. The number of ether oxygens (including phenoxy) is 1. The van der Waals surface area contributed by atoms with Crippen LogP contribution in [0.1, 0.15) is 69.2 Å². The fourth-order valence-corrected chi connectivity index (χ4v) is 6.91. The van der Waals surface area contributed by atoms with Gasteiger partial charge in [-0.15, -0.1) is 0 Å². The van der Waals surface area contributed by atoms with E-state index in [-0.39, 0.29) is 18.1 Å². The third-order valence-electron chi connectivity index (χ3n) is 8.31. The Balaban J connectivity index is 1.27. The van der Waals surface area contributed by atoms with E-state index in [0.29, 0.717) is 48.3 Å². The van der Waals surface area contributed by atoms with Gasteiger partial charge in [-0.1, -0.05) is 13.8 Å². The number of amides is 1. The molecule has 3 N–H and O–H groups in total. The Morgan fingerprint density at radius 1 is 1.21 bits per heavy atom. The van der Waals surface area contributed by atoms with E-state index in [4.69, 9.17) is 4.74 Å². The first-order valence-electron chi connectivity index (χ1n) is 12.9. The second-order valence-electron chi connectivity index (χ2n) is 11.6. The maximum Gasteiger partial charge on any atom is 0.258 e. The smallest absolute Gasteiger partial charge is 0.258 e. The van der Waals surface area contributed by atoms with E-state index in [9.17, 15) is 15.0 Å². The van der Waals surface area contributed by atoms with Crippen molar-refractivity contribution in [3.8, 4) is 5.88 Å². The number of nitrogens with zero attached hydrogens (tertiary/aromatic N) is 3. The average molecular weight is 461 g/mol. The molecule has 1 aromatic rings. The standard InChI is InChI=1S/C25H40N4O4/c1-16(2)15-33-24-21(14-26-29(24)8-7-28-5-3-20(30)4-6-28)23(31)27-22-18-9-17-10-19(22)13-25(32,11-17)12-18/h14,16-20,22,30,32H,3-13,15H2,1-2H3,(H,27,31). The first kappa shape index (κ1) is 23.1. The van der Waals surface area contributed by atoms with Crippen LogP contribution in [0.25, 0.3) is 0 Å². The van der Waals surface area contributed by atoms with Crippen molar-refractivity contribution in [1.29, 1.82) is 0 Å². The average Bonchev–Trinajstić information content (AvgIpc) is 3.16. The van der Waals surface area contributed by atoms with Crippen molar-refractivity contribution in [2.75, 3.05) is 26.2 Å². The summed E-state index contributed by atoms with van der Waals surface area (Å²) in [5, 5.41) is 28.5. The molecule has 1 saturated heterocycles. The zero-order valence-corrected chi connectivity index (χ0v) is 20.1. The van der Waals surface area contributed by atoms with Crippen LogP contribution in [0.2, 0.25) is 0 Å². The van der Waals surface area contributed by atoms with E-state index < -0.39 is 5.60 Å². The van der Waals surface area contributed by atoms with Gasteiger partial charge >= 0.3 is 0 Å². The third kappa shape index (κ3) is 4.93. The largest absolute Gasteiger partial charge is 0.477 e. The molecule has 2 heterocycles.